The van der Waals surface area contributed by atoms with E-state index in [4.69, 9.17) is 9.47 Å². The van der Waals surface area contributed by atoms with Crippen LogP contribution in [0.25, 0.3) is 0 Å². The number of rotatable bonds is 7. The van der Waals surface area contributed by atoms with Crippen molar-refractivity contribution < 1.29 is 23.9 Å². The third-order valence-electron chi connectivity index (χ3n) is 4.80. The molecule has 0 bridgehead atoms. The summed E-state index contributed by atoms with van der Waals surface area (Å²) in [5, 5.41) is 3.37. The average Bonchev–Trinajstić information content (AvgIpc) is 3.10. The first-order valence-corrected chi connectivity index (χ1v) is 11.3. The zero-order valence-corrected chi connectivity index (χ0v) is 18.8. The minimum Gasteiger partial charge on any atom is -0.497 e. The lowest BCUT2D eigenvalue weighted by molar-refractivity contribution is -0.129. The van der Waals surface area contributed by atoms with Crippen LogP contribution in [0, 0.1) is 0 Å². The Morgan fingerprint density at radius 2 is 1.93 bits per heavy atom. The monoisotopic (exact) mass is 448 g/mol. The Bertz CT molecular complexity index is 940. The predicted octanol–water partition coefficient (Wildman–Crippen LogP) is 3.57. The van der Waals surface area contributed by atoms with Crippen LogP contribution in [0.1, 0.15) is 34.1 Å². The van der Waals surface area contributed by atoms with E-state index in [1.54, 1.807) is 23.8 Å². The van der Waals surface area contributed by atoms with Crippen LogP contribution in [0.5, 0.6) is 5.75 Å². The third-order valence-corrected chi connectivity index (χ3v) is 6.95. The van der Waals surface area contributed by atoms with Gasteiger partial charge in [0, 0.05) is 35.4 Å². The van der Waals surface area contributed by atoms with E-state index < -0.39 is 5.97 Å². The molecule has 2 aromatic rings. The summed E-state index contributed by atoms with van der Waals surface area (Å²) in [5.41, 5.74) is 1.28. The minimum absolute atomic E-state index is 0.00481. The first-order valence-electron chi connectivity index (χ1n) is 9.48. The number of thiophene rings is 1. The summed E-state index contributed by atoms with van der Waals surface area (Å²) in [5.74, 6) is 0.761. The maximum absolute atomic E-state index is 12.5. The van der Waals surface area contributed by atoms with Gasteiger partial charge in [0.2, 0.25) is 11.8 Å². The Morgan fingerprint density at radius 1 is 1.20 bits per heavy atom. The van der Waals surface area contributed by atoms with Crippen molar-refractivity contribution in [3.63, 3.8) is 0 Å². The number of benzene rings is 1. The highest BCUT2D eigenvalue weighted by molar-refractivity contribution is 7.99. The number of carbonyl (C=O) groups is 3. The second kappa shape index (κ2) is 9.99. The highest BCUT2D eigenvalue weighted by atomic mass is 32.2. The third kappa shape index (κ3) is 5.14. The number of anilines is 1. The van der Waals surface area contributed by atoms with E-state index in [0.29, 0.717) is 42.2 Å². The van der Waals surface area contributed by atoms with Crippen molar-refractivity contribution in [2.45, 2.75) is 31.2 Å². The molecule has 1 aliphatic heterocycles. The number of hydrogen-bond acceptors (Lipinski definition) is 7. The molecule has 30 heavy (non-hydrogen) atoms. The van der Waals surface area contributed by atoms with E-state index in [-0.39, 0.29) is 11.8 Å². The number of thioether (sulfide) groups is 1. The number of carbonyl (C=O) groups excluding carboxylic acids is 3. The van der Waals surface area contributed by atoms with Crippen LogP contribution in [0.2, 0.25) is 0 Å². The van der Waals surface area contributed by atoms with Crippen molar-refractivity contribution in [1.29, 1.82) is 0 Å². The molecule has 2 heterocycles. The topological polar surface area (TPSA) is 84.9 Å². The van der Waals surface area contributed by atoms with E-state index in [2.05, 4.69) is 5.32 Å². The van der Waals surface area contributed by atoms with Gasteiger partial charge in [0.15, 0.2) is 0 Å². The van der Waals surface area contributed by atoms with E-state index >= 15 is 0 Å². The molecule has 0 spiro atoms. The van der Waals surface area contributed by atoms with Crippen molar-refractivity contribution in [3.8, 4) is 5.75 Å². The summed E-state index contributed by atoms with van der Waals surface area (Å²) in [6, 6.07) is 7.66. The summed E-state index contributed by atoms with van der Waals surface area (Å²) < 4.78 is 10.1. The lowest BCUT2D eigenvalue weighted by atomic mass is 10.0. The van der Waals surface area contributed by atoms with Crippen LogP contribution < -0.4 is 10.1 Å². The van der Waals surface area contributed by atoms with Crippen molar-refractivity contribution >= 4 is 45.9 Å². The lowest BCUT2D eigenvalue weighted by Gasteiger charge is -2.25. The number of fused-ring (bicyclic) bond motifs is 1. The number of nitrogens with one attached hydrogen (secondary N) is 1. The molecule has 1 aromatic carbocycles. The highest BCUT2D eigenvalue weighted by Gasteiger charge is 2.29. The molecule has 7 nitrogen and oxygen atoms in total. The maximum Gasteiger partial charge on any atom is 0.341 e. The number of esters is 1. The first kappa shape index (κ1) is 22.2. The summed E-state index contributed by atoms with van der Waals surface area (Å²) in [7, 11) is 2.95. The van der Waals surface area contributed by atoms with Gasteiger partial charge in [0.05, 0.1) is 26.3 Å². The van der Waals surface area contributed by atoms with Gasteiger partial charge in [0.1, 0.15) is 10.8 Å². The fourth-order valence-corrected chi connectivity index (χ4v) is 5.32. The van der Waals surface area contributed by atoms with Crippen molar-refractivity contribution in [2.24, 2.45) is 0 Å². The molecule has 0 atom stereocenters. The SMILES string of the molecule is COC(=O)c1c(NC(=O)CCSc2ccc(OC)cc2)sc2c1CCN(C(C)=O)C2. The molecule has 1 aliphatic rings. The van der Waals surface area contributed by atoms with Gasteiger partial charge in [0.25, 0.3) is 0 Å². The Morgan fingerprint density at radius 3 is 2.57 bits per heavy atom. The lowest BCUT2D eigenvalue weighted by Crippen LogP contribution is -2.33. The Balaban J connectivity index is 1.65. The fraction of sp³-hybridized carbons (Fsp3) is 0.381. The minimum atomic E-state index is -0.466. The van der Waals surface area contributed by atoms with Crippen molar-refractivity contribution in [1.82, 2.24) is 4.90 Å². The second-order valence-electron chi connectivity index (χ2n) is 6.71. The van der Waals surface area contributed by atoms with E-state index in [0.717, 1.165) is 21.1 Å². The Kier molecular flexibility index (Phi) is 7.38. The van der Waals surface area contributed by atoms with Crippen LogP contribution in [-0.4, -0.2) is 49.2 Å². The zero-order valence-electron chi connectivity index (χ0n) is 17.1. The van der Waals surface area contributed by atoms with Crippen molar-refractivity contribution in [3.05, 3.63) is 40.3 Å². The number of ether oxygens (including phenoxy) is 2. The predicted molar refractivity (Wildman–Crippen MR) is 117 cm³/mol. The molecule has 3 rings (SSSR count). The van der Waals surface area contributed by atoms with E-state index in [9.17, 15) is 14.4 Å². The highest BCUT2D eigenvalue weighted by Crippen LogP contribution is 2.37. The molecule has 0 fully saturated rings. The van der Waals surface area contributed by atoms with Crippen LogP contribution in [0.15, 0.2) is 29.2 Å². The van der Waals surface area contributed by atoms with Gasteiger partial charge in [-0.1, -0.05) is 0 Å². The fourth-order valence-electron chi connectivity index (χ4n) is 3.20. The molecular weight excluding hydrogens is 424 g/mol. The summed E-state index contributed by atoms with van der Waals surface area (Å²) in [6.07, 6.45) is 0.873. The smallest absolute Gasteiger partial charge is 0.341 e. The Hall–Kier alpha value is -2.52. The second-order valence-corrected chi connectivity index (χ2v) is 8.99. The van der Waals surface area contributed by atoms with Gasteiger partial charge in [-0.25, -0.2) is 4.79 Å². The van der Waals surface area contributed by atoms with Crippen LogP contribution >= 0.6 is 23.1 Å². The molecule has 0 saturated carbocycles. The van der Waals surface area contributed by atoms with E-state index in [1.807, 2.05) is 24.3 Å². The molecule has 0 aliphatic carbocycles. The molecule has 160 valence electrons. The van der Waals surface area contributed by atoms with Crippen LogP contribution in [-0.2, 0) is 27.3 Å². The normalized spacial score (nSPS) is 12.8. The van der Waals surface area contributed by atoms with Gasteiger partial charge in [-0.3, -0.25) is 9.59 Å². The molecule has 0 saturated heterocycles. The summed E-state index contributed by atoms with van der Waals surface area (Å²) in [4.78, 5) is 40.3. The Labute approximate surface area is 183 Å². The quantitative estimate of drug-likeness (QED) is 0.515. The summed E-state index contributed by atoms with van der Waals surface area (Å²) >= 11 is 2.92. The molecule has 2 amide bonds. The van der Waals surface area contributed by atoms with Gasteiger partial charge in [-0.05, 0) is 36.2 Å². The molecular formula is C21H24N2O5S2. The van der Waals surface area contributed by atoms with Crippen LogP contribution in [0.3, 0.4) is 0 Å². The van der Waals surface area contributed by atoms with Gasteiger partial charge in [-0.15, -0.1) is 23.1 Å². The average molecular weight is 449 g/mol. The van der Waals surface area contributed by atoms with Crippen LogP contribution in [0.4, 0.5) is 5.00 Å². The number of methoxy groups -OCH3 is 2. The number of nitrogens with zero attached hydrogens (tertiary/aromatic N) is 1. The molecule has 9 heteroatoms. The summed E-state index contributed by atoms with van der Waals surface area (Å²) in [6.45, 7) is 2.53. The van der Waals surface area contributed by atoms with E-state index in [1.165, 1.54) is 25.4 Å². The number of hydrogen-bond donors (Lipinski definition) is 1. The van der Waals surface area contributed by atoms with Gasteiger partial charge < -0.3 is 19.7 Å². The van der Waals surface area contributed by atoms with Gasteiger partial charge in [-0.2, -0.15) is 0 Å². The molecule has 0 radical (unpaired) electrons. The molecule has 1 aromatic heterocycles. The zero-order chi connectivity index (χ0) is 21.7. The molecule has 1 N–H and O–H groups in total. The molecule has 0 unspecified atom stereocenters. The largest absolute Gasteiger partial charge is 0.497 e. The standard InChI is InChI=1S/C21H24N2O5S2/c1-13(24)23-10-8-16-17(12-23)30-20(19(16)21(26)28-3)22-18(25)9-11-29-15-6-4-14(27-2)5-7-15/h4-7H,8-12H2,1-3H3,(H,22,25). The van der Waals surface area contributed by atoms with Crippen molar-refractivity contribution in [2.75, 3.05) is 31.8 Å². The maximum atomic E-state index is 12.5. The number of amides is 2. The first-order chi connectivity index (χ1) is 14.4. The van der Waals surface area contributed by atoms with Gasteiger partial charge >= 0.3 is 5.97 Å².